The maximum absolute atomic E-state index is 12.6. The van der Waals surface area contributed by atoms with E-state index in [0.29, 0.717) is 22.4 Å². The molecule has 0 saturated heterocycles. The number of esters is 1. The van der Waals surface area contributed by atoms with E-state index in [1.165, 1.54) is 17.8 Å². The van der Waals surface area contributed by atoms with E-state index < -0.39 is 5.97 Å². The lowest BCUT2D eigenvalue weighted by Crippen LogP contribution is -2.45. The van der Waals surface area contributed by atoms with Crippen LogP contribution in [-0.4, -0.2) is 30.4 Å². The average molecular weight is 407 g/mol. The number of amides is 2. The number of nitrogens with one attached hydrogen (secondary N) is 2. The summed E-state index contributed by atoms with van der Waals surface area (Å²) in [5, 5.41) is 6.39. The van der Waals surface area contributed by atoms with Gasteiger partial charge in [0.15, 0.2) is 6.61 Å². The number of ether oxygens (including phenoxy) is 1. The van der Waals surface area contributed by atoms with Crippen LogP contribution in [0.2, 0.25) is 0 Å². The van der Waals surface area contributed by atoms with Gasteiger partial charge in [-0.15, -0.1) is 11.3 Å². The summed E-state index contributed by atoms with van der Waals surface area (Å²) in [6.07, 6.45) is 5.05. The lowest BCUT2D eigenvalue weighted by Gasteiger charge is -2.34. The second kappa shape index (κ2) is 8.64. The molecule has 2 N–H and O–H groups in total. The minimum atomic E-state index is -0.562. The smallest absolute Gasteiger partial charge is 0.341 e. The molecule has 6 nitrogen and oxygen atoms in total. The van der Waals surface area contributed by atoms with Crippen molar-refractivity contribution in [3.8, 4) is 0 Å². The van der Waals surface area contributed by atoms with Gasteiger partial charge in [0.1, 0.15) is 5.00 Å². The van der Waals surface area contributed by atoms with Crippen molar-refractivity contribution in [3.63, 3.8) is 0 Å². The minimum Gasteiger partial charge on any atom is -0.452 e. The van der Waals surface area contributed by atoms with Gasteiger partial charge < -0.3 is 15.4 Å². The van der Waals surface area contributed by atoms with Crippen molar-refractivity contribution in [2.45, 2.75) is 65.8 Å². The zero-order valence-electron chi connectivity index (χ0n) is 17.1. The summed E-state index contributed by atoms with van der Waals surface area (Å²) in [5.41, 5.74) is 1.15. The summed E-state index contributed by atoms with van der Waals surface area (Å²) in [6, 6.07) is 0.133. The van der Waals surface area contributed by atoms with E-state index in [4.69, 9.17) is 4.74 Å². The van der Waals surface area contributed by atoms with Gasteiger partial charge in [0, 0.05) is 16.8 Å². The third-order valence-corrected chi connectivity index (χ3v) is 7.28. The highest BCUT2D eigenvalue weighted by atomic mass is 32.1. The van der Waals surface area contributed by atoms with Gasteiger partial charge in [0.25, 0.3) is 5.91 Å². The number of aryl methyl sites for hydroxylation is 1. The van der Waals surface area contributed by atoms with Crippen LogP contribution >= 0.6 is 11.3 Å². The molecule has 0 bridgehead atoms. The van der Waals surface area contributed by atoms with Crippen LogP contribution in [0.25, 0.3) is 0 Å². The Morgan fingerprint density at radius 1 is 1.11 bits per heavy atom. The Morgan fingerprint density at radius 3 is 2.50 bits per heavy atom. The zero-order valence-corrected chi connectivity index (χ0v) is 17.9. The van der Waals surface area contributed by atoms with Gasteiger partial charge in [-0.1, -0.05) is 26.7 Å². The molecule has 7 heteroatoms. The van der Waals surface area contributed by atoms with Gasteiger partial charge >= 0.3 is 5.97 Å². The van der Waals surface area contributed by atoms with E-state index in [9.17, 15) is 14.4 Å². The minimum absolute atomic E-state index is 0.0477. The van der Waals surface area contributed by atoms with Crippen molar-refractivity contribution >= 4 is 34.1 Å². The molecule has 0 radical (unpaired) electrons. The fraction of sp³-hybridized carbons (Fsp3) is 0.667. The molecule has 3 atom stereocenters. The molecule has 2 fully saturated rings. The average Bonchev–Trinajstić information content (AvgIpc) is 3.45. The number of hydrogen-bond acceptors (Lipinski definition) is 5. The lowest BCUT2D eigenvalue weighted by atomic mass is 9.78. The van der Waals surface area contributed by atoms with Crippen molar-refractivity contribution in [1.82, 2.24) is 5.32 Å². The van der Waals surface area contributed by atoms with Gasteiger partial charge in [-0.05, 0) is 50.5 Å². The molecule has 1 aromatic heterocycles. The van der Waals surface area contributed by atoms with Crippen molar-refractivity contribution < 1.29 is 19.1 Å². The van der Waals surface area contributed by atoms with Crippen molar-refractivity contribution in [3.05, 3.63) is 16.0 Å². The maximum Gasteiger partial charge on any atom is 0.341 e. The molecule has 154 valence electrons. The summed E-state index contributed by atoms with van der Waals surface area (Å²) < 4.78 is 5.29. The van der Waals surface area contributed by atoms with E-state index in [-0.39, 0.29) is 30.4 Å². The molecular formula is C21H30N2O4S. The van der Waals surface area contributed by atoms with Crippen LogP contribution in [0.15, 0.2) is 0 Å². The van der Waals surface area contributed by atoms with Gasteiger partial charge in [-0.2, -0.15) is 0 Å². The second-order valence-electron chi connectivity index (χ2n) is 8.27. The highest BCUT2D eigenvalue weighted by Crippen LogP contribution is 2.36. The Morgan fingerprint density at radius 2 is 1.82 bits per heavy atom. The van der Waals surface area contributed by atoms with E-state index in [2.05, 4.69) is 24.5 Å². The molecule has 0 aliphatic heterocycles. The third-order valence-electron chi connectivity index (χ3n) is 6.16. The molecule has 2 aliphatic rings. The lowest BCUT2D eigenvalue weighted by molar-refractivity contribution is -0.125. The first-order valence-electron chi connectivity index (χ1n) is 10.1. The van der Waals surface area contributed by atoms with Crippen LogP contribution in [0.1, 0.15) is 66.8 Å². The van der Waals surface area contributed by atoms with Crippen LogP contribution in [0.4, 0.5) is 5.00 Å². The second-order valence-corrected chi connectivity index (χ2v) is 9.49. The molecule has 28 heavy (non-hydrogen) atoms. The van der Waals surface area contributed by atoms with Crippen molar-refractivity contribution in [2.75, 3.05) is 11.9 Å². The molecule has 2 saturated carbocycles. The summed E-state index contributed by atoms with van der Waals surface area (Å²) >= 11 is 1.37. The fourth-order valence-electron chi connectivity index (χ4n) is 3.76. The number of hydrogen-bond donors (Lipinski definition) is 2. The summed E-state index contributed by atoms with van der Waals surface area (Å²) in [6.45, 7) is 7.80. The molecule has 0 spiro atoms. The van der Waals surface area contributed by atoms with Gasteiger partial charge in [0.2, 0.25) is 5.91 Å². The van der Waals surface area contributed by atoms with Crippen LogP contribution in [0.5, 0.6) is 0 Å². The topological polar surface area (TPSA) is 84.5 Å². The highest BCUT2D eigenvalue weighted by molar-refractivity contribution is 7.16. The van der Waals surface area contributed by atoms with Crippen LogP contribution in [0, 0.1) is 31.6 Å². The van der Waals surface area contributed by atoms with Gasteiger partial charge in [-0.3, -0.25) is 9.59 Å². The standard InChI is InChI=1S/C21H30N2O4S/c1-11-6-5-7-16(12(11)2)22-17(24)10-27-21(26)18-13(3)14(4)28-20(18)23-19(25)15-8-9-15/h11-12,15-16H,5-10H2,1-4H3,(H,22,24)(H,23,25)/t11-,12-,16-/m0/s1. The summed E-state index contributed by atoms with van der Waals surface area (Å²) in [4.78, 5) is 38.0. The molecule has 0 unspecified atom stereocenters. The SMILES string of the molecule is Cc1sc(NC(=O)C2CC2)c(C(=O)OCC(=O)N[C@H]2CCC[C@H](C)[C@@H]2C)c1C. The van der Waals surface area contributed by atoms with Crippen LogP contribution < -0.4 is 10.6 Å². The first-order chi connectivity index (χ1) is 13.3. The zero-order chi connectivity index (χ0) is 20.4. The quantitative estimate of drug-likeness (QED) is 0.704. The number of rotatable bonds is 6. The highest BCUT2D eigenvalue weighted by Gasteiger charge is 2.32. The normalized spacial score (nSPS) is 24.5. The van der Waals surface area contributed by atoms with Gasteiger partial charge in [0.05, 0.1) is 5.56 Å². The molecule has 2 aliphatic carbocycles. The molecule has 0 aromatic carbocycles. The van der Waals surface area contributed by atoms with Crippen LogP contribution in [0.3, 0.4) is 0 Å². The number of carbonyl (C=O) groups excluding carboxylic acids is 3. The number of thiophene rings is 1. The Balaban J connectivity index is 1.58. The van der Waals surface area contributed by atoms with E-state index >= 15 is 0 Å². The van der Waals surface area contributed by atoms with E-state index in [0.717, 1.165) is 36.1 Å². The van der Waals surface area contributed by atoms with Crippen molar-refractivity contribution in [1.29, 1.82) is 0 Å². The Bertz CT molecular complexity index is 769. The monoisotopic (exact) mass is 406 g/mol. The molecule has 3 rings (SSSR count). The Hall–Kier alpha value is -1.89. The summed E-state index contributed by atoms with van der Waals surface area (Å²) in [5.74, 6) is 0.168. The molecular weight excluding hydrogens is 376 g/mol. The summed E-state index contributed by atoms with van der Waals surface area (Å²) in [7, 11) is 0. The maximum atomic E-state index is 12.6. The number of anilines is 1. The molecule has 1 heterocycles. The first-order valence-corrected chi connectivity index (χ1v) is 11.0. The van der Waals surface area contributed by atoms with E-state index in [1.807, 2.05) is 13.8 Å². The molecule has 1 aromatic rings. The predicted molar refractivity (Wildman–Crippen MR) is 110 cm³/mol. The van der Waals surface area contributed by atoms with Crippen molar-refractivity contribution in [2.24, 2.45) is 17.8 Å². The van der Waals surface area contributed by atoms with E-state index in [1.54, 1.807) is 0 Å². The van der Waals surface area contributed by atoms with Gasteiger partial charge in [-0.25, -0.2) is 4.79 Å². The fourth-order valence-corrected chi connectivity index (χ4v) is 4.81. The Kier molecular flexibility index (Phi) is 6.43. The van der Waals surface area contributed by atoms with Crippen LogP contribution in [-0.2, 0) is 14.3 Å². The first kappa shape index (κ1) is 20.8. The largest absolute Gasteiger partial charge is 0.452 e. The molecule has 2 amide bonds. The Labute approximate surface area is 170 Å². The number of carbonyl (C=O) groups is 3. The third kappa shape index (κ3) is 4.74. The predicted octanol–water partition coefficient (Wildman–Crippen LogP) is 3.81.